The molecule has 1 fully saturated rings. The standard InChI is InChI=1S/C25H22FN3O4S/c26-17-6-3-8-19(14-17)34(31,32)28-18-7-4-12-29(16-18)25(30)21-15-23(24-11-5-13-33-24)27-22-10-2-1-9-20(21)22/h1-3,5-6,8-11,13-15,18,28H,4,7,12,16H2. The van der Waals surface area contributed by atoms with Crippen molar-refractivity contribution in [2.75, 3.05) is 13.1 Å². The van der Waals surface area contributed by atoms with Gasteiger partial charge in [-0.25, -0.2) is 22.5 Å². The van der Waals surface area contributed by atoms with Crippen molar-refractivity contribution >= 4 is 26.8 Å². The fourth-order valence-corrected chi connectivity index (χ4v) is 5.55. The molecular formula is C25H22FN3O4S. The summed E-state index contributed by atoms with van der Waals surface area (Å²) >= 11 is 0. The maximum Gasteiger partial charge on any atom is 0.254 e. The number of para-hydroxylation sites is 1. The highest BCUT2D eigenvalue weighted by Crippen LogP contribution is 2.27. The number of rotatable bonds is 5. The maximum atomic E-state index is 13.6. The van der Waals surface area contributed by atoms with E-state index in [9.17, 15) is 17.6 Å². The number of furan rings is 1. The summed E-state index contributed by atoms with van der Waals surface area (Å²) in [5.41, 5.74) is 1.69. The zero-order valence-electron chi connectivity index (χ0n) is 18.1. The van der Waals surface area contributed by atoms with Gasteiger partial charge in [-0.15, -0.1) is 0 Å². The van der Waals surface area contributed by atoms with Crippen LogP contribution in [0.25, 0.3) is 22.4 Å². The number of sulfonamides is 1. The summed E-state index contributed by atoms with van der Waals surface area (Å²) in [6.45, 7) is 0.712. The fourth-order valence-electron chi connectivity index (χ4n) is 4.25. The number of aromatic nitrogens is 1. The second-order valence-corrected chi connectivity index (χ2v) is 9.93. The van der Waals surface area contributed by atoms with E-state index in [4.69, 9.17) is 4.42 Å². The van der Waals surface area contributed by atoms with E-state index in [0.717, 1.165) is 6.07 Å². The number of halogens is 1. The minimum Gasteiger partial charge on any atom is -0.463 e. The van der Waals surface area contributed by atoms with E-state index in [1.165, 1.54) is 18.2 Å². The molecule has 9 heteroatoms. The van der Waals surface area contributed by atoms with Gasteiger partial charge in [0, 0.05) is 24.5 Å². The molecule has 3 heterocycles. The molecule has 1 atom stereocenters. The van der Waals surface area contributed by atoms with Crippen molar-refractivity contribution in [1.82, 2.24) is 14.6 Å². The molecule has 1 aliphatic heterocycles. The molecule has 1 unspecified atom stereocenters. The summed E-state index contributed by atoms with van der Waals surface area (Å²) in [5, 5.41) is 0.713. The van der Waals surface area contributed by atoms with Gasteiger partial charge < -0.3 is 9.32 Å². The Hall–Kier alpha value is -3.56. The quantitative estimate of drug-likeness (QED) is 0.463. The van der Waals surface area contributed by atoms with E-state index in [-0.39, 0.29) is 17.3 Å². The van der Waals surface area contributed by atoms with Crippen molar-refractivity contribution in [1.29, 1.82) is 0 Å². The van der Waals surface area contributed by atoms with Gasteiger partial charge in [-0.3, -0.25) is 4.79 Å². The van der Waals surface area contributed by atoms with E-state index < -0.39 is 21.9 Å². The first kappa shape index (κ1) is 22.2. The molecule has 1 amide bonds. The Morgan fingerprint density at radius 1 is 1.09 bits per heavy atom. The minimum atomic E-state index is -3.92. The molecule has 1 N–H and O–H groups in total. The molecule has 5 rings (SSSR count). The molecule has 1 aliphatic rings. The molecule has 0 radical (unpaired) electrons. The Kier molecular flexibility index (Phi) is 5.89. The van der Waals surface area contributed by atoms with Crippen LogP contribution >= 0.6 is 0 Å². The summed E-state index contributed by atoms with van der Waals surface area (Å²) in [7, 11) is -3.92. The van der Waals surface area contributed by atoms with Gasteiger partial charge in [-0.2, -0.15) is 0 Å². The zero-order chi connectivity index (χ0) is 23.7. The van der Waals surface area contributed by atoms with E-state index >= 15 is 0 Å². The van der Waals surface area contributed by atoms with Gasteiger partial charge in [0.1, 0.15) is 11.5 Å². The predicted molar refractivity (Wildman–Crippen MR) is 125 cm³/mol. The molecule has 2 aromatic carbocycles. The highest BCUT2D eigenvalue weighted by atomic mass is 32.2. The largest absolute Gasteiger partial charge is 0.463 e. The van der Waals surface area contributed by atoms with Crippen LogP contribution in [0.15, 0.2) is 82.3 Å². The summed E-state index contributed by atoms with van der Waals surface area (Å²) in [4.78, 5) is 19.7. The van der Waals surface area contributed by atoms with Gasteiger partial charge in [0.05, 0.1) is 22.2 Å². The SMILES string of the molecule is O=C(c1cc(-c2ccco2)nc2ccccc12)N1CCCC(NS(=O)(=O)c2cccc(F)c2)C1. The molecule has 34 heavy (non-hydrogen) atoms. The Morgan fingerprint density at radius 3 is 2.74 bits per heavy atom. The van der Waals surface area contributed by atoms with Crippen molar-refractivity contribution in [3.63, 3.8) is 0 Å². The van der Waals surface area contributed by atoms with Crippen molar-refractivity contribution in [2.45, 2.75) is 23.8 Å². The van der Waals surface area contributed by atoms with E-state index in [2.05, 4.69) is 9.71 Å². The first-order chi connectivity index (χ1) is 16.4. The molecule has 0 saturated carbocycles. The number of fused-ring (bicyclic) bond motifs is 1. The van der Waals surface area contributed by atoms with Gasteiger partial charge in [-0.1, -0.05) is 24.3 Å². The Balaban J connectivity index is 1.42. The lowest BCUT2D eigenvalue weighted by atomic mass is 10.0. The topological polar surface area (TPSA) is 92.5 Å². The lowest BCUT2D eigenvalue weighted by molar-refractivity contribution is 0.0705. The second-order valence-electron chi connectivity index (χ2n) is 8.22. The van der Waals surface area contributed by atoms with Gasteiger partial charge in [0.15, 0.2) is 5.76 Å². The number of benzene rings is 2. The number of hydrogen-bond donors (Lipinski definition) is 1. The van der Waals surface area contributed by atoms with Crippen molar-refractivity contribution < 1.29 is 22.0 Å². The molecule has 1 saturated heterocycles. The lowest BCUT2D eigenvalue weighted by Gasteiger charge is -2.33. The summed E-state index contributed by atoms with van der Waals surface area (Å²) < 4.78 is 47.1. The number of amides is 1. The highest BCUT2D eigenvalue weighted by molar-refractivity contribution is 7.89. The predicted octanol–water partition coefficient (Wildman–Crippen LogP) is 4.22. The van der Waals surface area contributed by atoms with Gasteiger partial charge >= 0.3 is 0 Å². The zero-order valence-corrected chi connectivity index (χ0v) is 19.0. The third-order valence-electron chi connectivity index (χ3n) is 5.86. The average Bonchev–Trinajstić information content (AvgIpc) is 3.38. The van der Waals surface area contributed by atoms with Crippen LogP contribution in [0.4, 0.5) is 4.39 Å². The molecule has 0 bridgehead atoms. The molecule has 2 aromatic heterocycles. The van der Waals surface area contributed by atoms with Crippen LogP contribution in [0.2, 0.25) is 0 Å². The number of likely N-dealkylation sites (tertiary alicyclic amines) is 1. The third-order valence-corrected chi connectivity index (χ3v) is 7.38. The average molecular weight is 480 g/mol. The third kappa shape index (κ3) is 4.44. The van der Waals surface area contributed by atoms with E-state index in [0.29, 0.717) is 47.3 Å². The number of nitrogens with zero attached hydrogens (tertiary/aromatic N) is 2. The van der Waals surface area contributed by atoms with Crippen LogP contribution < -0.4 is 4.72 Å². The molecule has 174 valence electrons. The summed E-state index contributed by atoms with van der Waals surface area (Å²) in [5.74, 6) is -0.277. The number of carbonyl (C=O) groups is 1. The molecular weight excluding hydrogens is 457 g/mol. The Morgan fingerprint density at radius 2 is 1.94 bits per heavy atom. The van der Waals surface area contributed by atoms with E-state index in [1.807, 2.05) is 24.3 Å². The summed E-state index contributed by atoms with van der Waals surface area (Å²) in [6.07, 6.45) is 2.76. The number of carbonyl (C=O) groups excluding carboxylic acids is 1. The molecule has 0 spiro atoms. The summed E-state index contributed by atoms with van der Waals surface area (Å²) in [6, 6.07) is 17.0. The smallest absolute Gasteiger partial charge is 0.254 e. The van der Waals surface area contributed by atoms with Gasteiger partial charge in [0.25, 0.3) is 5.91 Å². The normalized spacial score (nSPS) is 16.6. The number of nitrogens with one attached hydrogen (secondary N) is 1. The van der Waals surface area contributed by atoms with Crippen molar-refractivity contribution in [3.8, 4) is 11.5 Å². The fraction of sp³-hybridized carbons (Fsp3) is 0.200. The van der Waals surface area contributed by atoms with Crippen molar-refractivity contribution in [3.05, 3.63) is 84.4 Å². The van der Waals surface area contributed by atoms with Crippen LogP contribution in [0.3, 0.4) is 0 Å². The minimum absolute atomic E-state index is 0.140. The van der Waals surface area contributed by atoms with E-state index in [1.54, 1.807) is 29.4 Å². The van der Waals surface area contributed by atoms with Gasteiger partial charge in [-0.05, 0) is 55.3 Å². The number of piperidine rings is 1. The van der Waals surface area contributed by atoms with Gasteiger partial charge in [0.2, 0.25) is 10.0 Å². The molecule has 4 aromatic rings. The Bertz CT molecular complexity index is 1450. The first-order valence-electron chi connectivity index (χ1n) is 10.9. The first-order valence-corrected chi connectivity index (χ1v) is 12.4. The number of hydrogen-bond acceptors (Lipinski definition) is 5. The second kappa shape index (κ2) is 9.00. The van der Waals surface area contributed by atoms with Crippen LogP contribution in [0.5, 0.6) is 0 Å². The van der Waals surface area contributed by atoms with Crippen LogP contribution in [0.1, 0.15) is 23.2 Å². The van der Waals surface area contributed by atoms with Crippen LogP contribution in [-0.4, -0.2) is 43.3 Å². The number of pyridine rings is 1. The highest BCUT2D eigenvalue weighted by Gasteiger charge is 2.29. The lowest BCUT2D eigenvalue weighted by Crippen LogP contribution is -2.49. The molecule has 0 aliphatic carbocycles. The van der Waals surface area contributed by atoms with Crippen molar-refractivity contribution in [2.24, 2.45) is 0 Å². The van der Waals surface area contributed by atoms with Crippen LogP contribution in [-0.2, 0) is 10.0 Å². The van der Waals surface area contributed by atoms with Crippen LogP contribution in [0, 0.1) is 5.82 Å². The monoisotopic (exact) mass is 479 g/mol. The maximum absolute atomic E-state index is 13.6. The Labute approximate surface area is 196 Å². The molecule has 7 nitrogen and oxygen atoms in total.